The van der Waals surface area contributed by atoms with Crippen molar-refractivity contribution in [1.82, 2.24) is 14.5 Å². The molecule has 1 atom stereocenters. The number of aliphatic carboxylic acids is 1. The third kappa shape index (κ3) is 2.50. The number of anilines is 1. The number of pyridine rings is 1. The second-order valence-corrected chi connectivity index (χ2v) is 6.54. The number of nitrogens with zero attached hydrogens (tertiary/aromatic N) is 4. The van der Waals surface area contributed by atoms with Crippen LogP contribution in [-0.4, -0.2) is 57.7 Å². The molecule has 1 unspecified atom stereocenters. The van der Waals surface area contributed by atoms with Gasteiger partial charge in [0.15, 0.2) is 0 Å². The SMILES string of the molecule is O=C(O)C1CCN(C(=O)c2cnn3ccc(N4CCCC4)cc23)C1. The molecule has 1 N–H and O–H groups in total. The van der Waals surface area contributed by atoms with Crippen LogP contribution >= 0.6 is 0 Å². The van der Waals surface area contributed by atoms with Crippen molar-refractivity contribution < 1.29 is 14.7 Å². The maximum atomic E-state index is 12.8. The Hall–Kier alpha value is -2.57. The molecule has 2 aromatic rings. The molecule has 0 aromatic carbocycles. The normalized spacial score (nSPS) is 20.9. The fraction of sp³-hybridized carbons (Fsp3) is 0.471. The van der Waals surface area contributed by atoms with Crippen molar-refractivity contribution in [1.29, 1.82) is 0 Å². The Morgan fingerprint density at radius 1 is 1.21 bits per heavy atom. The average Bonchev–Trinajstić information content (AvgIpc) is 3.32. The number of carboxylic acid groups (broad SMARTS) is 1. The van der Waals surface area contributed by atoms with Crippen LogP contribution in [0.3, 0.4) is 0 Å². The first-order chi connectivity index (χ1) is 11.6. The summed E-state index contributed by atoms with van der Waals surface area (Å²) < 4.78 is 1.71. The smallest absolute Gasteiger partial charge is 0.308 e. The average molecular weight is 328 g/mol. The summed E-state index contributed by atoms with van der Waals surface area (Å²) in [5.41, 5.74) is 2.43. The van der Waals surface area contributed by atoms with Gasteiger partial charge in [-0.25, -0.2) is 4.52 Å². The second-order valence-electron chi connectivity index (χ2n) is 6.54. The zero-order valence-electron chi connectivity index (χ0n) is 13.4. The predicted molar refractivity (Wildman–Crippen MR) is 88.3 cm³/mol. The van der Waals surface area contributed by atoms with E-state index in [0.717, 1.165) is 24.3 Å². The van der Waals surface area contributed by atoms with E-state index in [-0.39, 0.29) is 12.5 Å². The molecule has 0 radical (unpaired) electrons. The molecule has 4 heterocycles. The second kappa shape index (κ2) is 5.81. The lowest BCUT2D eigenvalue weighted by atomic mass is 10.1. The molecule has 7 heteroatoms. The van der Waals surface area contributed by atoms with E-state index >= 15 is 0 Å². The van der Waals surface area contributed by atoms with Crippen molar-refractivity contribution in [2.45, 2.75) is 19.3 Å². The lowest BCUT2D eigenvalue weighted by molar-refractivity contribution is -0.141. The van der Waals surface area contributed by atoms with Gasteiger partial charge in [0.1, 0.15) is 0 Å². The van der Waals surface area contributed by atoms with Crippen molar-refractivity contribution in [3.8, 4) is 0 Å². The number of amides is 1. The highest BCUT2D eigenvalue weighted by atomic mass is 16.4. The number of likely N-dealkylation sites (tertiary alicyclic amines) is 1. The van der Waals surface area contributed by atoms with Gasteiger partial charge in [-0.1, -0.05) is 0 Å². The standard InChI is InChI=1S/C17H20N4O3/c22-16(20-7-3-12(11-20)17(23)24)14-10-18-21-8-4-13(9-15(14)21)19-5-1-2-6-19/h4,8-10,12H,1-3,5-7,11H2,(H,23,24). The van der Waals surface area contributed by atoms with Crippen LogP contribution in [0.25, 0.3) is 5.52 Å². The van der Waals surface area contributed by atoms with E-state index in [9.17, 15) is 9.59 Å². The first-order valence-electron chi connectivity index (χ1n) is 8.38. The third-order valence-electron chi connectivity index (χ3n) is 5.03. The summed E-state index contributed by atoms with van der Waals surface area (Å²) in [5.74, 6) is -1.43. The maximum Gasteiger partial charge on any atom is 0.308 e. The van der Waals surface area contributed by atoms with Gasteiger partial charge in [-0.05, 0) is 31.4 Å². The van der Waals surface area contributed by atoms with Crippen LogP contribution < -0.4 is 4.90 Å². The molecular formula is C17H20N4O3. The monoisotopic (exact) mass is 328 g/mol. The first kappa shape index (κ1) is 15.0. The third-order valence-corrected chi connectivity index (χ3v) is 5.03. The van der Waals surface area contributed by atoms with Crippen LogP contribution in [0.15, 0.2) is 24.5 Å². The minimum absolute atomic E-state index is 0.132. The van der Waals surface area contributed by atoms with E-state index in [1.807, 2.05) is 18.3 Å². The van der Waals surface area contributed by atoms with Crippen molar-refractivity contribution in [3.63, 3.8) is 0 Å². The number of carbonyl (C=O) groups is 2. The zero-order valence-corrected chi connectivity index (χ0v) is 13.4. The topological polar surface area (TPSA) is 78.1 Å². The Balaban J connectivity index is 1.62. The molecule has 2 fully saturated rings. The molecule has 2 aromatic heterocycles. The number of fused-ring (bicyclic) bond motifs is 1. The van der Waals surface area contributed by atoms with Gasteiger partial charge in [-0.3, -0.25) is 9.59 Å². The quantitative estimate of drug-likeness (QED) is 0.923. The van der Waals surface area contributed by atoms with Crippen LogP contribution in [-0.2, 0) is 4.79 Å². The van der Waals surface area contributed by atoms with Gasteiger partial charge in [-0.15, -0.1) is 0 Å². The molecule has 126 valence electrons. The minimum atomic E-state index is -0.832. The Labute approximate surface area is 139 Å². The Bertz CT molecular complexity index is 794. The summed E-state index contributed by atoms with van der Waals surface area (Å²) in [4.78, 5) is 27.8. The van der Waals surface area contributed by atoms with Gasteiger partial charge in [0.25, 0.3) is 5.91 Å². The summed E-state index contributed by atoms with van der Waals surface area (Å²) in [6.45, 7) is 2.84. The van der Waals surface area contributed by atoms with Gasteiger partial charge in [0, 0.05) is 38.1 Å². The Morgan fingerprint density at radius 2 is 2.00 bits per heavy atom. The maximum absolute atomic E-state index is 12.8. The van der Waals surface area contributed by atoms with Crippen molar-refractivity contribution >= 4 is 23.1 Å². The molecule has 1 amide bonds. The summed E-state index contributed by atoms with van der Waals surface area (Å²) in [6.07, 6.45) is 6.36. The lowest BCUT2D eigenvalue weighted by Crippen LogP contribution is -2.29. The Morgan fingerprint density at radius 3 is 2.71 bits per heavy atom. The summed E-state index contributed by atoms with van der Waals surface area (Å²) in [6, 6.07) is 4.03. The first-order valence-corrected chi connectivity index (χ1v) is 8.38. The number of hydrogen-bond acceptors (Lipinski definition) is 4. The number of carboxylic acids is 1. The molecule has 2 aliphatic rings. The lowest BCUT2D eigenvalue weighted by Gasteiger charge is -2.18. The van der Waals surface area contributed by atoms with E-state index in [1.54, 1.807) is 15.6 Å². The van der Waals surface area contributed by atoms with Gasteiger partial charge >= 0.3 is 5.97 Å². The molecule has 0 saturated carbocycles. The highest BCUT2D eigenvalue weighted by Crippen LogP contribution is 2.25. The molecule has 2 aliphatic heterocycles. The van der Waals surface area contributed by atoms with E-state index in [1.165, 1.54) is 12.8 Å². The fourth-order valence-corrected chi connectivity index (χ4v) is 3.62. The fourth-order valence-electron chi connectivity index (χ4n) is 3.62. The predicted octanol–water partition coefficient (Wildman–Crippen LogP) is 1.48. The van der Waals surface area contributed by atoms with Crippen LogP contribution in [0.4, 0.5) is 5.69 Å². The Kier molecular flexibility index (Phi) is 3.63. The highest BCUT2D eigenvalue weighted by Gasteiger charge is 2.32. The van der Waals surface area contributed by atoms with Crippen molar-refractivity contribution in [3.05, 3.63) is 30.1 Å². The molecule has 7 nitrogen and oxygen atoms in total. The van der Waals surface area contributed by atoms with Crippen LogP contribution in [0.2, 0.25) is 0 Å². The van der Waals surface area contributed by atoms with Crippen molar-refractivity contribution in [2.24, 2.45) is 5.92 Å². The zero-order chi connectivity index (χ0) is 16.7. The molecule has 0 aliphatic carbocycles. The van der Waals surface area contributed by atoms with Gasteiger partial charge < -0.3 is 14.9 Å². The van der Waals surface area contributed by atoms with Crippen LogP contribution in [0.5, 0.6) is 0 Å². The van der Waals surface area contributed by atoms with Crippen molar-refractivity contribution in [2.75, 3.05) is 31.1 Å². The summed E-state index contributed by atoms with van der Waals surface area (Å²) >= 11 is 0. The summed E-state index contributed by atoms with van der Waals surface area (Å²) in [7, 11) is 0. The van der Waals surface area contributed by atoms with E-state index in [2.05, 4.69) is 10.00 Å². The molecule has 0 spiro atoms. The molecule has 0 bridgehead atoms. The van der Waals surface area contributed by atoms with Gasteiger partial charge in [0.05, 0.1) is 23.2 Å². The number of aromatic nitrogens is 2. The highest BCUT2D eigenvalue weighted by molar-refractivity contribution is 6.01. The minimum Gasteiger partial charge on any atom is -0.481 e. The largest absolute Gasteiger partial charge is 0.481 e. The molecule has 24 heavy (non-hydrogen) atoms. The van der Waals surface area contributed by atoms with E-state index < -0.39 is 11.9 Å². The number of hydrogen-bond donors (Lipinski definition) is 1. The molecule has 2 saturated heterocycles. The molecule has 4 rings (SSSR count). The van der Waals surface area contributed by atoms with Gasteiger partial charge in [-0.2, -0.15) is 5.10 Å². The summed E-state index contributed by atoms with van der Waals surface area (Å²) in [5, 5.41) is 13.4. The van der Waals surface area contributed by atoms with E-state index in [4.69, 9.17) is 5.11 Å². The van der Waals surface area contributed by atoms with E-state index in [0.29, 0.717) is 18.5 Å². The number of carbonyl (C=O) groups excluding carboxylic acids is 1. The van der Waals surface area contributed by atoms with Crippen LogP contribution in [0, 0.1) is 5.92 Å². The van der Waals surface area contributed by atoms with Crippen LogP contribution in [0.1, 0.15) is 29.6 Å². The van der Waals surface area contributed by atoms with Gasteiger partial charge in [0.2, 0.25) is 0 Å². The number of rotatable bonds is 3. The molecular weight excluding hydrogens is 308 g/mol.